The SMILES string of the molecule is Cn1nccc1C(=O)N1CC[C@@]2(Cc3ncc(-c4cccs4)n3C2)C1. The summed E-state index contributed by atoms with van der Waals surface area (Å²) < 4.78 is 4.01. The molecule has 1 saturated heterocycles. The molecule has 1 fully saturated rings. The number of likely N-dealkylation sites (tertiary alicyclic amines) is 1. The molecule has 6 nitrogen and oxygen atoms in total. The van der Waals surface area contributed by atoms with Crippen LogP contribution in [-0.2, 0) is 20.0 Å². The first kappa shape index (κ1) is 14.9. The number of hydrogen-bond acceptors (Lipinski definition) is 4. The Balaban J connectivity index is 1.38. The minimum Gasteiger partial charge on any atom is -0.337 e. The average Bonchev–Trinajstić information content (AvgIpc) is 3.36. The van der Waals surface area contributed by atoms with Gasteiger partial charge >= 0.3 is 0 Å². The van der Waals surface area contributed by atoms with Crippen LogP contribution in [0.3, 0.4) is 0 Å². The maximum absolute atomic E-state index is 12.8. The minimum absolute atomic E-state index is 0.0832. The summed E-state index contributed by atoms with van der Waals surface area (Å²) in [7, 11) is 1.82. The van der Waals surface area contributed by atoms with E-state index in [0.29, 0.717) is 5.69 Å². The van der Waals surface area contributed by atoms with Gasteiger partial charge in [-0.2, -0.15) is 5.10 Å². The van der Waals surface area contributed by atoms with Crippen molar-refractivity contribution < 1.29 is 4.79 Å². The van der Waals surface area contributed by atoms with Crippen molar-refractivity contribution >= 4 is 17.2 Å². The summed E-state index contributed by atoms with van der Waals surface area (Å²) in [5, 5.41) is 6.22. The highest BCUT2D eigenvalue weighted by Crippen LogP contribution is 2.43. The lowest BCUT2D eigenvalue weighted by molar-refractivity contribution is 0.0761. The summed E-state index contributed by atoms with van der Waals surface area (Å²) in [5.74, 6) is 1.23. The largest absolute Gasteiger partial charge is 0.337 e. The molecule has 3 aromatic rings. The zero-order valence-corrected chi connectivity index (χ0v) is 14.9. The molecule has 5 rings (SSSR count). The van der Waals surface area contributed by atoms with Crippen molar-refractivity contribution in [1.82, 2.24) is 24.2 Å². The van der Waals surface area contributed by atoms with Crippen molar-refractivity contribution in [3.63, 3.8) is 0 Å². The normalized spacial score (nSPS) is 22.0. The Morgan fingerprint density at radius 2 is 2.24 bits per heavy atom. The fourth-order valence-corrected chi connectivity index (χ4v) is 4.95. The highest BCUT2D eigenvalue weighted by molar-refractivity contribution is 7.13. The Bertz CT molecular complexity index is 941. The molecule has 1 spiro atoms. The number of fused-ring (bicyclic) bond motifs is 1. The van der Waals surface area contributed by atoms with Crippen LogP contribution in [0.25, 0.3) is 10.6 Å². The highest BCUT2D eigenvalue weighted by Gasteiger charge is 2.46. The second-order valence-electron chi connectivity index (χ2n) is 7.12. The van der Waals surface area contributed by atoms with Crippen molar-refractivity contribution in [3.05, 3.63) is 47.5 Å². The summed E-state index contributed by atoms with van der Waals surface area (Å²) >= 11 is 1.75. The second-order valence-corrected chi connectivity index (χ2v) is 8.06. The van der Waals surface area contributed by atoms with Gasteiger partial charge in [0.2, 0.25) is 0 Å². The molecule has 7 heteroatoms. The predicted octanol–water partition coefficient (Wildman–Crippen LogP) is 2.43. The standard InChI is InChI=1S/C18H19N5OS/c1-21-13(4-6-20-21)17(24)22-7-5-18(11-22)9-16-19-10-14(23(16)12-18)15-3-2-8-25-15/h2-4,6,8,10H,5,7,9,11-12H2,1H3/t18-/m1/s1. The van der Waals surface area contributed by atoms with Gasteiger partial charge in [0, 0.05) is 44.7 Å². The first-order valence-corrected chi connectivity index (χ1v) is 9.39. The highest BCUT2D eigenvalue weighted by atomic mass is 32.1. The van der Waals surface area contributed by atoms with Gasteiger partial charge in [-0.15, -0.1) is 11.3 Å². The number of carbonyl (C=O) groups is 1. The Morgan fingerprint density at radius 1 is 1.32 bits per heavy atom. The van der Waals surface area contributed by atoms with E-state index in [1.54, 1.807) is 28.3 Å². The van der Waals surface area contributed by atoms with Gasteiger partial charge in [-0.25, -0.2) is 4.98 Å². The molecule has 0 unspecified atom stereocenters. The van der Waals surface area contributed by atoms with E-state index in [0.717, 1.165) is 38.3 Å². The molecule has 25 heavy (non-hydrogen) atoms. The maximum Gasteiger partial charge on any atom is 0.272 e. The summed E-state index contributed by atoms with van der Waals surface area (Å²) in [4.78, 5) is 20.7. The molecule has 0 radical (unpaired) electrons. The number of amides is 1. The van der Waals surface area contributed by atoms with E-state index in [9.17, 15) is 4.79 Å². The van der Waals surface area contributed by atoms with Gasteiger partial charge in [-0.3, -0.25) is 9.48 Å². The monoisotopic (exact) mass is 353 g/mol. The van der Waals surface area contributed by atoms with Gasteiger partial charge in [-0.05, 0) is 23.9 Å². The zero-order valence-electron chi connectivity index (χ0n) is 14.1. The summed E-state index contributed by atoms with van der Waals surface area (Å²) in [6.45, 7) is 2.55. The third-order valence-corrected chi connectivity index (χ3v) is 6.40. The van der Waals surface area contributed by atoms with Crippen LogP contribution in [0.1, 0.15) is 22.7 Å². The number of hydrogen-bond donors (Lipinski definition) is 0. The van der Waals surface area contributed by atoms with Crippen molar-refractivity contribution in [3.8, 4) is 10.6 Å². The minimum atomic E-state index is 0.0832. The van der Waals surface area contributed by atoms with E-state index < -0.39 is 0 Å². The third-order valence-electron chi connectivity index (χ3n) is 5.50. The molecule has 2 aliphatic rings. The molecule has 1 atom stereocenters. The van der Waals surface area contributed by atoms with E-state index in [1.807, 2.05) is 18.1 Å². The van der Waals surface area contributed by atoms with Crippen molar-refractivity contribution in [2.24, 2.45) is 12.5 Å². The molecule has 0 N–H and O–H groups in total. The Morgan fingerprint density at radius 3 is 3.00 bits per heavy atom. The first-order chi connectivity index (χ1) is 12.2. The van der Waals surface area contributed by atoms with Crippen LogP contribution in [0.4, 0.5) is 0 Å². The van der Waals surface area contributed by atoms with Gasteiger partial charge in [0.15, 0.2) is 0 Å². The summed E-state index contributed by atoms with van der Waals surface area (Å²) in [5.41, 5.74) is 1.99. The van der Waals surface area contributed by atoms with Gasteiger partial charge in [0.1, 0.15) is 11.5 Å². The fraction of sp³-hybridized carbons (Fsp3) is 0.389. The van der Waals surface area contributed by atoms with Crippen LogP contribution < -0.4 is 0 Å². The zero-order chi connectivity index (χ0) is 17.0. The summed E-state index contributed by atoms with van der Waals surface area (Å²) in [6.07, 6.45) is 5.65. The number of nitrogens with zero attached hydrogens (tertiary/aromatic N) is 5. The van der Waals surface area contributed by atoms with Crippen LogP contribution in [0.2, 0.25) is 0 Å². The molecule has 5 heterocycles. The molecule has 128 valence electrons. The van der Waals surface area contributed by atoms with E-state index in [2.05, 4.69) is 32.2 Å². The third kappa shape index (κ3) is 2.26. The number of thiophene rings is 1. The van der Waals surface area contributed by atoms with E-state index in [-0.39, 0.29) is 11.3 Å². The number of carbonyl (C=O) groups excluding carboxylic acids is 1. The van der Waals surface area contributed by atoms with Crippen LogP contribution >= 0.6 is 11.3 Å². The molecule has 1 amide bonds. The van der Waals surface area contributed by atoms with Gasteiger partial charge in [-0.1, -0.05) is 6.07 Å². The van der Waals surface area contributed by atoms with E-state index in [4.69, 9.17) is 0 Å². The number of imidazole rings is 1. The topological polar surface area (TPSA) is 56.0 Å². The molecule has 2 aliphatic heterocycles. The number of rotatable bonds is 2. The number of aromatic nitrogens is 4. The van der Waals surface area contributed by atoms with E-state index >= 15 is 0 Å². The molecule has 3 aromatic heterocycles. The van der Waals surface area contributed by atoms with Crippen LogP contribution in [0.15, 0.2) is 36.0 Å². The fourth-order valence-electron chi connectivity index (χ4n) is 4.21. The number of aryl methyl sites for hydroxylation is 1. The summed E-state index contributed by atoms with van der Waals surface area (Å²) in [6, 6.07) is 6.02. The Labute approximate surface area is 149 Å². The quantitative estimate of drug-likeness (QED) is 0.711. The van der Waals surface area contributed by atoms with Gasteiger partial charge < -0.3 is 9.47 Å². The van der Waals surface area contributed by atoms with E-state index in [1.165, 1.54) is 10.6 Å². The molecule has 0 aromatic carbocycles. The molecule has 0 bridgehead atoms. The maximum atomic E-state index is 12.8. The first-order valence-electron chi connectivity index (χ1n) is 8.51. The smallest absolute Gasteiger partial charge is 0.272 e. The van der Waals surface area contributed by atoms with Crippen LogP contribution in [0, 0.1) is 5.41 Å². The molecule has 0 aliphatic carbocycles. The molecular weight excluding hydrogens is 334 g/mol. The lowest BCUT2D eigenvalue weighted by Crippen LogP contribution is -2.34. The van der Waals surface area contributed by atoms with Crippen molar-refractivity contribution in [2.45, 2.75) is 19.4 Å². The van der Waals surface area contributed by atoms with Crippen LogP contribution in [-0.4, -0.2) is 43.2 Å². The Hall–Kier alpha value is -2.41. The van der Waals surface area contributed by atoms with Crippen molar-refractivity contribution in [2.75, 3.05) is 13.1 Å². The second kappa shape index (κ2) is 5.29. The van der Waals surface area contributed by atoms with Gasteiger partial charge in [0.05, 0.1) is 16.8 Å². The van der Waals surface area contributed by atoms with Crippen LogP contribution in [0.5, 0.6) is 0 Å². The lowest BCUT2D eigenvalue weighted by atomic mass is 9.86. The lowest BCUT2D eigenvalue weighted by Gasteiger charge is -2.23. The van der Waals surface area contributed by atoms with Gasteiger partial charge in [0.25, 0.3) is 5.91 Å². The molecular formula is C18H19N5OS. The predicted molar refractivity (Wildman–Crippen MR) is 95.4 cm³/mol. The Kier molecular flexibility index (Phi) is 3.15. The molecule has 0 saturated carbocycles. The van der Waals surface area contributed by atoms with Crippen molar-refractivity contribution in [1.29, 1.82) is 0 Å². The average molecular weight is 353 g/mol.